The van der Waals surface area contributed by atoms with E-state index in [2.05, 4.69) is 11.0 Å². The smallest absolute Gasteiger partial charge is 0.219 e. The summed E-state index contributed by atoms with van der Waals surface area (Å²) in [6.45, 7) is 1.42. The fourth-order valence-electron chi connectivity index (χ4n) is 3.25. The molecule has 0 bridgehead atoms. The fourth-order valence-corrected chi connectivity index (χ4v) is 3.25. The van der Waals surface area contributed by atoms with Crippen molar-refractivity contribution >= 4 is 5.78 Å². The van der Waals surface area contributed by atoms with Gasteiger partial charge in [-0.15, -0.1) is 0 Å². The van der Waals surface area contributed by atoms with E-state index in [9.17, 15) is 4.79 Å². The Morgan fingerprint density at radius 3 is 2.65 bits per heavy atom. The number of benzene rings is 1. The van der Waals surface area contributed by atoms with E-state index in [0.717, 1.165) is 24.3 Å². The Morgan fingerprint density at radius 1 is 1.04 bits per heavy atom. The van der Waals surface area contributed by atoms with Crippen molar-refractivity contribution in [2.75, 3.05) is 6.54 Å². The molecule has 4 heteroatoms. The summed E-state index contributed by atoms with van der Waals surface area (Å²) < 4.78 is 10.8. The normalized spacial score (nSPS) is 17.8. The highest BCUT2D eigenvalue weighted by atomic mass is 16.3. The van der Waals surface area contributed by atoms with Gasteiger partial charge in [-0.3, -0.25) is 9.69 Å². The number of nitrogens with zero attached hydrogens (tertiary/aromatic N) is 1. The monoisotopic (exact) mass is 307 g/mol. The molecule has 3 aromatic rings. The number of furan rings is 2. The minimum atomic E-state index is -0.337. The van der Waals surface area contributed by atoms with Crippen molar-refractivity contribution in [2.24, 2.45) is 0 Å². The van der Waals surface area contributed by atoms with Crippen LogP contribution in [0.3, 0.4) is 0 Å². The Morgan fingerprint density at radius 2 is 1.87 bits per heavy atom. The van der Waals surface area contributed by atoms with Crippen molar-refractivity contribution in [3.8, 4) is 0 Å². The topological polar surface area (TPSA) is 46.6 Å². The quantitative estimate of drug-likeness (QED) is 0.687. The first kappa shape index (κ1) is 14.0. The molecule has 1 unspecified atom stereocenters. The molecule has 0 saturated heterocycles. The fraction of sp³-hybridized carbons (Fsp3) is 0.211. The largest absolute Gasteiger partial charge is 0.468 e. The van der Waals surface area contributed by atoms with Crippen molar-refractivity contribution in [1.29, 1.82) is 0 Å². The third-order valence-corrected chi connectivity index (χ3v) is 4.33. The molecule has 0 amide bonds. The summed E-state index contributed by atoms with van der Waals surface area (Å²) in [6.07, 6.45) is 4.13. The molecule has 4 rings (SSSR count). The maximum atomic E-state index is 13.0. The Kier molecular flexibility index (Phi) is 3.60. The second-order valence-electron chi connectivity index (χ2n) is 5.74. The van der Waals surface area contributed by atoms with Crippen LogP contribution in [-0.2, 0) is 13.0 Å². The molecule has 0 radical (unpaired) electrons. The summed E-state index contributed by atoms with van der Waals surface area (Å²) in [5.41, 5.74) is 2.29. The summed E-state index contributed by atoms with van der Waals surface area (Å²) in [6, 6.07) is 15.1. The van der Waals surface area contributed by atoms with Crippen LogP contribution in [0.15, 0.2) is 69.9 Å². The SMILES string of the molecule is O=C(c1ccco1)C1c2ccccc2CCN1Cc1ccco1. The van der Waals surface area contributed by atoms with Crippen LogP contribution in [-0.4, -0.2) is 17.2 Å². The van der Waals surface area contributed by atoms with Gasteiger partial charge < -0.3 is 8.83 Å². The van der Waals surface area contributed by atoms with E-state index < -0.39 is 0 Å². The van der Waals surface area contributed by atoms with Crippen molar-refractivity contribution in [3.63, 3.8) is 0 Å². The molecule has 0 aliphatic carbocycles. The van der Waals surface area contributed by atoms with Crippen LogP contribution in [0.4, 0.5) is 0 Å². The Labute approximate surface area is 134 Å². The van der Waals surface area contributed by atoms with Crippen molar-refractivity contribution < 1.29 is 13.6 Å². The maximum absolute atomic E-state index is 13.0. The standard InChI is InChI=1S/C19H17NO3/c21-19(17-8-4-12-23-17)18-16-7-2-1-5-14(16)9-10-20(18)13-15-6-3-11-22-15/h1-8,11-12,18H,9-10,13H2. The number of ketones is 1. The lowest BCUT2D eigenvalue weighted by Gasteiger charge is -2.35. The maximum Gasteiger partial charge on any atom is 0.219 e. The molecule has 1 aliphatic heterocycles. The predicted molar refractivity (Wildman–Crippen MR) is 85.0 cm³/mol. The Hall–Kier alpha value is -2.59. The van der Waals surface area contributed by atoms with Gasteiger partial charge in [0.15, 0.2) is 5.76 Å². The summed E-state index contributed by atoms with van der Waals surface area (Å²) in [4.78, 5) is 15.2. The van der Waals surface area contributed by atoms with Crippen LogP contribution in [0.25, 0.3) is 0 Å². The highest BCUT2D eigenvalue weighted by Gasteiger charge is 2.34. The second kappa shape index (κ2) is 5.89. The van der Waals surface area contributed by atoms with Gasteiger partial charge in [-0.1, -0.05) is 24.3 Å². The zero-order chi connectivity index (χ0) is 15.6. The third kappa shape index (κ3) is 2.62. The molecular formula is C19H17NO3. The molecule has 1 aromatic carbocycles. The van der Waals surface area contributed by atoms with Gasteiger partial charge in [-0.2, -0.15) is 0 Å². The van der Waals surface area contributed by atoms with Crippen LogP contribution < -0.4 is 0 Å². The van der Waals surface area contributed by atoms with E-state index in [0.29, 0.717) is 12.3 Å². The molecule has 0 fully saturated rings. The number of hydrogen-bond acceptors (Lipinski definition) is 4. The number of fused-ring (bicyclic) bond motifs is 1. The van der Waals surface area contributed by atoms with E-state index in [4.69, 9.17) is 8.83 Å². The summed E-state index contributed by atoms with van der Waals surface area (Å²) in [5, 5.41) is 0. The molecule has 0 spiro atoms. The van der Waals surface area contributed by atoms with Crippen LogP contribution >= 0.6 is 0 Å². The molecule has 0 N–H and O–H groups in total. The van der Waals surface area contributed by atoms with E-state index in [1.165, 1.54) is 5.56 Å². The van der Waals surface area contributed by atoms with Gasteiger partial charge in [0.1, 0.15) is 11.8 Å². The van der Waals surface area contributed by atoms with Gasteiger partial charge in [0.2, 0.25) is 5.78 Å². The van der Waals surface area contributed by atoms with Gasteiger partial charge in [0.05, 0.1) is 19.1 Å². The highest BCUT2D eigenvalue weighted by Crippen LogP contribution is 2.33. The van der Waals surface area contributed by atoms with Crippen LogP contribution in [0.1, 0.15) is 33.5 Å². The minimum Gasteiger partial charge on any atom is -0.468 e. The van der Waals surface area contributed by atoms with E-state index in [-0.39, 0.29) is 11.8 Å². The molecule has 116 valence electrons. The van der Waals surface area contributed by atoms with Crippen LogP contribution in [0.2, 0.25) is 0 Å². The van der Waals surface area contributed by atoms with Crippen molar-refractivity contribution in [2.45, 2.75) is 19.0 Å². The van der Waals surface area contributed by atoms with Crippen LogP contribution in [0, 0.1) is 0 Å². The summed E-state index contributed by atoms with van der Waals surface area (Å²) in [7, 11) is 0. The molecule has 1 aliphatic rings. The molecular weight excluding hydrogens is 290 g/mol. The summed E-state index contributed by atoms with van der Waals surface area (Å²) >= 11 is 0. The number of carbonyl (C=O) groups is 1. The van der Waals surface area contributed by atoms with Gasteiger partial charge >= 0.3 is 0 Å². The molecule has 1 atom stereocenters. The molecule has 4 nitrogen and oxygen atoms in total. The van der Waals surface area contributed by atoms with Crippen LogP contribution in [0.5, 0.6) is 0 Å². The predicted octanol–water partition coefficient (Wildman–Crippen LogP) is 3.85. The lowest BCUT2D eigenvalue weighted by molar-refractivity contribution is 0.0745. The first-order valence-corrected chi connectivity index (χ1v) is 7.75. The van der Waals surface area contributed by atoms with Crippen molar-refractivity contribution in [1.82, 2.24) is 4.90 Å². The molecule has 2 aromatic heterocycles. The molecule has 23 heavy (non-hydrogen) atoms. The first-order valence-electron chi connectivity index (χ1n) is 7.75. The minimum absolute atomic E-state index is 0.00583. The third-order valence-electron chi connectivity index (χ3n) is 4.33. The number of carbonyl (C=O) groups excluding carboxylic acids is 1. The highest BCUT2D eigenvalue weighted by molar-refractivity contribution is 5.98. The van der Waals surface area contributed by atoms with Gasteiger partial charge in [-0.25, -0.2) is 0 Å². The summed E-state index contributed by atoms with van der Waals surface area (Å²) in [5.74, 6) is 1.26. The van der Waals surface area contributed by atoms with E-state index in [1.54, 1.807) is 24.7 Å². The lowest BCUT2D eigenvalue weighted by atomic mass is 9.89. The van der Waals surface area contributed by atoms with E-state index in [1.807, 2.05) is 30.3 Å². The number of rotatable bonds is 4. The Bertz CT molecular complexity index is 790. The zero-order valence-corrected chi connectivity index (χ0v) is 12.6. The van der Waals surface area contributed by atoms with Gasteiger partial charge in [0, 0.05) is 6.54 Å². The average molecular weight is 307 g/mol. The molecule has 3 heterocycles. The second-order valence-corrected chi connectivity index (χ2v) is 5.74. The Balaban J connectivity index is 1.72. The van der Waals surface area contributed by atoms with Gasteiger partial charge in [0.25, 0.3) is 0 Å². The number of Topliss-reactive ketones (excluding diaryl/α,β-unsaturated/α-hetero) is 1. The molecule has 0 saturated carbocycles. The zero-order valence-electron chi connectivity index (χ0n) is 12.6. The van der Waals surface area contributed by atoms with Gasteiger partial charge in [-0.05, 0) is 41.8 Å². The lowest BCUT2D eigenvalue weighted by Crippen LogP contribution is -2.39. The number of hydrogen-bond donors (Lipinski definition) is 0. The van der Waals surface area contributed by atoms with E-state index >= 15 is 0 Å². The van der Waals surface area contributed by atoms with Crippen molar-refractivity contribution in [3.05, 3.63) is 83.7 Å². The first-order chi connectivity index (χ1) is 11.3. The average Bonchev–Trinajstić information content (AvgIpc) is 3.28.